The molecule has 21 heavy (non-hydrogen) atoms. The average molecular weight is 283 g/mol. The highest BCUT2D eigenvalue weighted by Gasteiger charge is 2.07. The average Bonchev–Trinajstić information content (AvgIpc) is 2.48. The molecule has 0 radical (unpaired) electrons. The first-order chi connectivity index (χ1) is 10.1. The van der Waals surface area contributed by atoms with Gasteiger partial charge >= 0.3 is 5.97 Å². The van der Waals surface area contributed by atoms with Crippen LogP contribution in [0.3, 0.4) is 0 Å². The number of benzene rings is 2. The summed E-state index contributed by atoms with van der Waals surface area (Å²) in [6, 6.07) is 14.2. The number of anilines is 1. The SMILES string of the molecule is CCc1ccc(NC(=O)c2ccc(OC(C)=O)cc2)cc1. The zero-order valence-electron chi connectivity index (χ0n) is 12.1. The Bertz CT molecular complexity index is 630. The van der Waals surface area contributed by atoms with E-state index in [-0.39, 0.29) is 11.9 Å². The Hall–Kier alpha value is -2.62. The fourth-order valence-electron chi connectivity index (χ4n) is 1.87. The predicted octanol–water partition coefficient (Wildman–Crippen LogP) is 3.43. The summed E-state index contributed by atoms with van der Waals surface area (Å²) in [6.45, 7) is 3.42. The molecule has 4 nitrogen and oxygen atoms in total. The first kappa shape index (κ1) is 14.8. The van der Waals surface area contributed by atoms with Crippen molar-refractivity contribution in [2.45, 2.75) is 20.3 Å². The molecule has 0 spiro atoms. The van der Waals surface area contributed by atoms with Crippen molar-refractivity contribution in [3.8, 4) is 5.75 Å². The molecule has 108 valence electrons. The Morgan fingerprint density at radius 3 is 2.14 bits per heavy atom. The minimum Gasteiger partial charge on any atom is -0.427 e. The van der Waals surface area contributed by atoms with Crippen LogP contribution in [0.1, 0.15) is 29.8 Å². The molecule has 0 aliphatic carbocycles. The number of ether oxygens (including phenoxy) is 1. The Balaban J connectivity index is 2.03. The topological polar surface area (TPSA) is 55.4 Å². The Morgan fingerprint density at radius 2 is 1.62 bits per heavy atom. The largest absolute Gasteiger partial charge is 0.427 e. The second kappa shape index (κ2) is 6.70. The van der Waals surface area contributed by atoms with E-state index in [2.05, 4.69) is 12.2 Å². The Kier molecular flexibility index (Phi) is 4.72. The molecular formula is C17H17NO3. The molecule has 2 aromatic rings. The number of carbonyl (C=O) groups excluding carboxylic acids is 2. The van der Waals surface area contributed by atoms with Crippen LogP contribution in [0.5, 0.6) is 5.75 Å². The highest BCUT2D eigenvalue weighted by atomic mass is 16.5. The second-order valence-electron chi connectivity index (χ2n) is 4.62. The predicted molar refractivity (Wildman–Crippen MR) is 81.5 cm³/mol. The van der Waals surface area contributed by atoms with Crippen molar-refractivity contribution in [2.24, 2.45) is 0 Å². The van der Waals surface area contributed by atoms with E-state index in [1.807, 2.05) is 24.3 Å². The van der Waals surface area contributed by atoms with Crippen LogP contribution in [0.25, 0.3) is 0 Å². The third-order valence-electron chi connectivity index (χ3n) is 3.00. The molecule has 1 N–H and O–H groups in total. The molecule has 0 aliphatic heterocycles. The van der Waals surface area contributed by atoms with Gasteiger partial charge < -0.3 is 10.1 Å². The molecule has 0 heterocycles. The summed E-state index contributed by atoms with van der Waals surface area (Å²) in [4.78, 5) is 22.9. The van der Waals surface area contributed by atoms with E-state index < -0.39 is 0 Å². The molecule has 0 saturated carbocycles. The van der Waals surface area contributed by atoms with E-state index in [0.29, 0.717) is 11.3 Å². The maximum atomic E-state index is 12.1. The van der Waals surface area contributed by atoms with Crippen LogP contribution < -0.4 is 10.1 Å². The third-order valence-corrected chi connectivity index (χ3v) is 3.00. The van der Waals surface area contributed by atoms with Crippen LogP contribution in [0.2, 0.25) is 0 Å². The summed E-state index contributed by atoms with van der Waals surface area (Å²) < 4.78 is 4.92. The van der Waals surface area contributed by atoms with Crippen molar-refractivity contribution in [3.05, 3.63) is 59.7 Å². The number of amides is 1. The summed E-state index contributed by atoms with van der Waals surface area (Å²) in [6.07, 6.45) is 0.964. The van der Waals surface area contributed by atoms with E-state index in [9.17, 15) is 9.59 Å². The van der Waals surface area contributed by atoms with Gasteiger partial charge in [-0.2, -0.15) is 0 Å². The minimum atomic E-state index is -0.386. The highest BCUT2D eigenvalue weighted by molar-refractivity contribution is 6.04. The molecule has 2 aromatic carbocycles. The van der Waals surface area contributed by atoms with Crippen LogP contribution >= 0.6 is 0 Å². The number of hydrogen-bond donors (Lipinski definition) is 1. The van der Waals surface area contributed by atoms with Crippen molar-refractivity contribution in [1.82, 2.24) is 0 Å². The molecule has 0 fully saturated rings. The number of carbonyl (C=O) groups is 2. The van der Waals surface area contributed by atoms with Crippen molar-refractivity contribution in [2.75, 3.05) is 5.32 Å². The number of aryl methyl sites for hydroxylation is 1. The monoisotopic (exact) mass is 283 g/mol. The summed E-state index contributed by atoms with van der Waals surface area (Å²) >= 11 is 0. The Morgan fingerprint density at radius 1 is 1.00 bits per heavy atom. The van der Waals surface area contributed by atoms with Gasteiger partial charge in [0.1, 0.15) is 5.75 Å². The van der Waals surface area contributed by atoms with Crippen LogP contribution in [0.4, 0.5) is 5.69 Å². The normalized spacial score (nSPS) is 10.0. The van der Waals surface area contributed by atoms with Gasteiger partial charge in [-0.3, -0.25) is 9.59 Å². The minimum absolute atomic E-state index is 0.200. The Labute approximate surface area is 123 Å². The summed E-state index contributed by atoms with van der Waals surface area (Å²) in [5.74, 6) is -0.164. The van der Waals surface area contributed by atoms with E-state index >= 15 is 0 Å². The second-order valence-corrected chi connectivity index (χ2v) is 4.62. The van der Waals surface area contributed by atoms with Crippen molar-refractivity contribution >= 4 is 17.6 Å². The first-order valence-corrected chi connectivity index (χ1v) is 6.77. The molecule has 2 rings (SSSR count). The van der Waals surface area contributed by atoms with Gasteiger partial charge in [-0.25, -0.2) is 0 Å². The molecule has 0 saturated heterocycles. The van der Waals surface area contributed by atoms with E-state index in [0.717, 1.165) is 12.1 Å². The van der Waals surface area contributed by atoms with Crippen molar-refractivity contribution < 1.29 is 14.3 Å². The standard InChI is InChI=1S/C17H17NO3/c1-3-13-4-8-15(9-5-13)18-17(20)14-6-10-16(11-7-14)21-12(2)19/h4-11H,3H2,1-2H3,(H,18,20). The third kappa shape index (κ3) is 4.18. The zero-order valence-corrected chi connectivity index (χ0v) is 12.1. The number of nitrogens with one attached hydrogen (secondary N) is 1. The van der Waals surface area contributed by atoms with Crippen molar-refractivity contribution in [3.63, 3.8) is 0 Å². The van der Waals surface area contributed by atoms with Crippen LogP contribution in [0, 0.1) is 0 Å². The summed E-state index contributed by atoms with van der Waals surface area (Å²) in [7, 11) is 0. The summed E-state index contributed by atoms with van der Waals surface area (Å²) in [5.41, 5.74) is 2.48. The number of hydrogen-bond acceptors (Lipinski definition) is 3. The molecule has 0 unspecified atom stereocenters. The lowest BCUT2D eigenvalue weighted by molar-refractivity contribution is -0.131. The van der Waals surface area contributed by atoms with E-state index in [1.165, 1.54) is 12.5 Å². The van der Waals surface area contributed by atoms with Crippen LogP contribution in [0.15, 0.2) is 48.5 Å². The quantitative estimate of drug-likeness (QED) is 0.691. The van der Waals surface area contributed by atoms with Gasteiger partial charge in [0.15, 0.2) is 0 Å². The van der Waals surface area contributed by atoms with Gasteiger partial charge in [0, 0.05) is 18.2 Å². The van der Waals surface area contributed by atoms with Crippen molar-refractivity contribution in [1.29, 1.82) is 0 Å². The lowest BCUT2D eigenvalue weighted by Gasteiger charge is -2.07. The summed E-state index contributed by atoms with van der Waals surface area (Å²) in [5, 5.41) is 2.82. The highest BCUT2D eigenvalue weighted by Crippen LogP contribution is 2.15. The number of esters is 1. The lowest BCUT2D eigenvalue weighted by Crippen LogP contribution is -2.11. The van der Waals surface area contributed by atoms with Gasteiger partial charge in [-0.15, -0.1) is 0 Å². The van der Waals surface area contributed by atoms with Crippen LogP contribution in [-0.2, 0) is 11.2 Å². The smallest absolute Gasteiger partial charge is 0.308 e. The number of rotatable bonds is 4. The maximum absolute atomic E-state index is 12.1. The fraction of sp³-hybridized carbons (Fsp3) is 0.176. The van der Waals surface area contributed by atoms with Gasteiger partial charge in [-0.1, -0.05) is 19.1 Å². The van der Waals surface area contributed by atoms with Gasteiger partial charge in [-0.05, 0) is 48.4 Å². The van der Waals surface area contributed by atoms with E-state index in [1.54, 1.807) is 24.3 Å². The van der Waals surface area contributed by atoms with Gasteiger partial charge in [0.05, 0.1) is 0 Å². The molecule has 1 amide bonds. The van der Waals surface area contributed by atoms with Crippen LogP contribution in [-0.4, -0.2) is 11.9 Å². The lowest BCUT2D eigenvalue weighted by atomic mass is 10.1. The molecular weight excluding hydrogens is 266 g/mol. The maximum Gasteiger partial charge on any atom is 0.308 e. The van der Waals surface area contributed by atoms with Gasteiger partial charge in [0.2, 0.25) is 0 Å². The first-order valence-electron chi connectivity index (χ1n) is 6.77. The fourth-order valence-corrected chi connectivity index (χ4v) is 1.87. The molecule has 0 bridgehead atoms. The molecule has 0 aromatic heterocycles. The molecule has 0 atom stereocenters. The zero-order chi connectivity index (χ0) is 15.2. The van der Waals surface area contributed by atoms with E-state index in [4.69, 9.17) is 4.74 Å². The van der Waals surface area contributed by atoms with Gasteiger partial charge in [0.25, 0.3) is 5.91 Å². The molecule has 4 heteroatoms. The molecule has 0 aliphatic rings.